The maximum atomic E-state index is 14.5. The van der Waals surface area contributed by atoms with E-state index in [0.29, 0.717) is 32.0 Å². The van der Waals surface area contributed by atoms with Crippen LogP contribution in [0.1, 0.15) is 36.8 Å². The summed E-state index contributed by atoms with van der Waals surface area (Å²) in [6, 6.07) is 31.3. The minimum atomic E-state index is -0.781. The number of hydrogen-bond acceptors (Lipinski definition) is 5. The molecule has 3 saturated heterocycles. The van der Waals surface area contributed by atoms with Gasteiger partial charge in [0.25, 0.3) is 0 Å². The van der Waals surface area contributed by atoms with E-state index in [9.17, 15) is 14.4 Å². The molecule has 0 bridgehead atoms. The fraction of sp³-hybridized carbons (Fsp3) is 0.390. The summed E-state index contributed by atoms with van der Waals surface area (Å²) < 4.78 is 0. The van der Waals surface area contributed by atoms with E-state index in [1.807, 2.05) is 53.4 Å². The van der Waals surface area contributed by atoms with Crippen LogP contribution in [0, 0.1) is 11.8 Å². The average molecular weight is 658 g/mol. The molecule has 0 radical (unpaired) electrons. The van der Waals surface area contributed by atoms with Crippen LogP contribution in [0.25, 0.3) is 21.9 Å². The van der Waals surface area contributed by atoms with Gasteiger partial charge in [-0.15, -0.1) is 0 Å². The highest BCUT2D eigenvalue weighted by atomic mass is 16.2. The predicted molar refractivity (Wildman–Crippen MR) is 194 cm³/mol. The Balaban J connectivity index is 1.16. The molecule has 254 valence electrons. The third-order valence-corrected chi connectivity index (χ3v) is 10.5. The Morgan fingerprint density at radius 1 is 0.735 bits per heavy atom. The molecule has 4 aromatic rings. The van der Waals surface area contributed by atoms with Gasteiger partial charge in [-0.1, -0.05) is 97.1 Å². The van der Waals surface area contributed by atoms with Gasteiger partial charge >= 0.3 is 0 Å². The Hall–Kier alpha value is -4.53. The van der Waals surface area contributed by atoms with Gasteiger partial charge in [-0.05, 0) is 84.3 Å². The molecule has 0 saturated carbocycles. The second kappa shape index (κ2) is 15.3. The van der Waals surface area contributed by atoms with Crippen LogP contribution in [0.3, 0.4) is 0 Å². The predicted octanol–water partition coefficient (Wildman–Crippen LogP) is 4.77. The highest BCUT2D eigenvalue weighted by Gasteiger charge is 2.43. The van der Waals surface area contributed by atoms with E-state index >= 15 is 0 Å². The van der Waals surface area contributed by atoms with Crippen LogP contribution < -0.4 is 16.0 Å². The molecule has 8 nitrogen and oxygen atoms in total. The topological polar surface area (TPSA) is 93.8 Å². The Kier molecular flexibility index (Phi) is 10.3. The van der Waals surface area contributed by atoms with Crippen LogP contribution in [-0.4, -0.2) is 78.9 Å². The lowest BCUT2D eigenvalue weighted by atomic mass is 9.93. The normalized spacial score (nSPS) is 21.8. The van der Waals surface area contributed by atoms with E-state index < -0.39 is 12.1 Å². The molecule has 3 atom stereocenters. The third kappa shape index (κ3) is 7.87. The van der Waals surface area contributed by atoms with Gasteiger partial charge in [0.15, 0.2) is 0 Å². The van der Waals surface area contributed by atoms with Crippen molar-refractivity contribution in [2.75, 3.05) is 39.3 Å². The van der Waals surface area contributed by atoms with Crippen molar-refractivity contribution in [3.8, 4) is 11.1 Å². The molecule has 3 aliphatic rings. The van der Waals surface area contributed by atoms with Gasteiger partial charge < -0.3 is 25.8 Å². The molecule has 0 unspecified atom stereocenters. The number of nitrogens with one attached hydrogen (secondary N) is 3. The fourth-order valence-corrected chi connectivity index (χ4v) is 7.72. The number of amides is 3. The van der Waals surface area contributed by atoms with E-state index in [-0.39, 0.29) is 30.2 Å². The molecule has 3 fully saturated rings. The summed E-state index contributed by atoms with van der Waals surface area (Å²) in [5, 5.41) is 12.2. The Morgan fingerprint density at radius 2 is 1.45 bits per heavy atom. The van der Waals surface area contributed by atoms with E-state index in [0.717, 1.165) is 78.3 Å². The fourth-order valence-electron chi connectivity index (χ4n) is 7.72. The number of rotatable bonds is 10. The lowest BCUT2D eigenvalue weighted by Gasteiger charge is -2.42. The first-order valence-electron chi connectivity index (χ1n) is 17.9. The number of benzene rings is 4. The monoisotopic (exact) mass is 657 g/mol. The molecule has 3 aliphatic heterocycles. The molecule has 0 spiro atoms. The summed E-state index contributed by atoms with van der Waals surface area (Å²) in [6.45, 7) is 4.54. The van der Waals surface area contributed by atoms with E-state index in [1.165, 1.54) is 0 Å². The van der Waals surface area contributed by atoms with E-state index in [1.54, 1.807) is 4.90 Å². The number of piperidine rings is 2. The number of carbonyl (C=O) groups excluding carboxylic acids is 3. The van der Waals surface area contributed by atoms with Crippen molar-refractivity contribution in [2.45, 2.75) is 50.7 Å². The Bertz CT molecular complexity index is 1750. The number of carbonyl (C=O) groups is 3. The number of hydrogen-bond donors (Lipinski definition) is 3. The van der Waals surface area contributed by atoms with Crippen molar-refractivity contribution < 1.29 is 14.4 Å². The van der Waals surface area contributed by atoms with Gasteiger partial charge in [0, 0.05) is 26.1 Å². The summed E-state index contributed by atoms with van der Waals surface area (Å²) in [4.78, 5) is 46.4. The second-order valence-electron chi connectivity index (χ2n) is 14.0. The second-order valence-corrected chi connectivity index (χ2v) is 14.0. The Labute approximate surface area is 289 Å². The minimum Gasteiger partial charge on any atom is -0.342 e. The van der Waals surface area contributed by atoms with Crippen molar-refractivity contribution >= 4 is 28.5 Å². The first kappa shape index (κ1) is 33.0. The first-order valence-corrected chi connectivity index (χ1v) is 17.9. The standard InChI is InChI=1S/C41H47N5O3/c47-39-38(28-45(26-30-18-21-42-22-19-30)40(48)36-11-6-20-43-25-36)46(27-29-12-15-34(16-13-29)32-7-2-1-3-8-32)41(49)37(44-39)24-31-14-17-33-9-4-5-10-35(33)23-31/h1-5,7-10,12-17,23,30,36-38,42-43H,6,11,18-22,24-28H2,(H,44,47)/t36-,37+,38+/m1/s1. The van der Waals surface area contributed by atoms with Crippen LogP contribution in [-0.2, 0) is 27.3 Å². The molecule has 49 heavy (non-hydrogen) atoms. The number of fused-ring (bicyclic) bond motifs is 1. The zero-order valence-electron chi connectivity index (χ0n) is 28.2. The van der Waals surface area contributed by atoms with Crippen LogP contribution in [0.2, 0.25) is 0 Å². The maximum absolute atomic E-state index is 14.5. The molecular weight excluding hydrogens is 610 g/mol. The van der Waals surface area contributed by atoms with Crippen molar-refractivity contribution in [2.24, 2.45) is 11.8 Å². The van der Waals surface area contributed by atoms with Crippen LogP contribution in [0.15, 0.2) is 97.1 Å². The lowest BCUT2D eigenvalue weighted by molar-refractivity contribution is -0.153. The van der Waals surface area contributed by atoms with Gasteiger partial charge in [0.05, 0.1) is 12.5 Å². The smallest absolute Gasteiger partial charge is 0.246 e. The largest absolute Gasteiger partial charge is 0.342 e. The van der Waals surface area contributed by atoms with Crippen LogP contribution >= 0.6 is 0 Å². The minimum absolute atomic E-state index is 0.0939. The maximum Gasteiger partial charge on any atom is 0.246 e. The molecule has 8 heteroatoms. The molecule has 7 rings (SSSR count). The molecule has 4 aromatic carbocycles. The average Bonchev–Trinajstić information content (AvgIpc) is 3.15. The first-order chi connectivity index (χ1) is 24.0. The molecule has 3 amide bonds. The molecule has 0 aromatic heterocycles. The molecule has 0 aliphatic carbocycles. The summed E-state index contributed by atoms with van der Waals surface area (Å²) in [6.07, 6.45) is 4.19. The zero-order chi connectivity index (χ0) is 33.6. The Morgan fingerprint density at radius 3 is 2.20 bits per heavy atom. The van der Waals surface area contributed by atoms with Crippen LogP contribution in [0.4, 0.5) is 0 Å². The van der Waals surface area contributed by atoms with Gasteiger partial charge in [-0.25, -0.2) is 0 Å². The van der Waals surface area contributed by atoms with Gasteiger partial charge in [-0.3, -0.25) is 14.4 Å². The third-order valence-electron chi connectivity index (χ3n) is 10.5. The lowest BCUT2D eigenvalue weighted by Crippen LogP contribution is -2.66. The van der Waals surface area contributed by atoms with Gasteiger partial charge in [0.2, 0.25) is 17.7 Å². The SMILES string of the molecule is O=C1N[C@@H](Cc2ccc3ccccc3c2)C(=O)N(Cc2ccc(-c3ccccc3)cc2)[C@H]1CN(CC1CCNCC1)C(=O)[C@@H]1CCCNC1. The highest BCUT2D eigenvalue weighted by molar-refractivity contribution is 5.98. The van der Waals surface area contributed by atoms with E-state index in [2.05, 4.69) is 64.5 Å². The van der Waals surface area contributed by atoms with Crippen molar-refractivity contribution in [1.82, 2.24) is 25.8 Å². The molecule has 3 N–H and O–H groups in total. The van der Waals surface area contributed by atoms with E-state index in [4.69, 9.17) is 0 Å². The summed E-state index contributed by atoms with van der Waals surface area (Å²) in [5.74, 6) is 0.0345. The van der Waals surface area contributed by atoms with Gasteiger partial charge in [0.1, 0.15) is 12.1 Å². The van der Waals surface area contributed by atoms with Crippen LogP contribution in [0.5, 0.6) is 0 Å². The summed E-state index contributed by atoms with van der Waals surface area (Å²) >= 11 is 0. The van der Waals surface area contributed by atoms with Crippen molar-refractivity contribution in [1.29, 1.82) is 0 Å². The summed E-state index contributed by atoms with van der Waals surface area (Å²) in [5.41, 5.74) is 4.16. The number of nitrogens with zero attached hydrogens (tertiary/aromatic N) is 2. The highest BCUT2D eigenvalue weighted by Crippen LogP contribution is 2.25. The quantitative estimate of drug-likeness (QED) is 0.229. The summed E-state index contributed by atoms with van der Waals surface area (Å²) in [7, 11) is 0. The van der Waals surface area contributed by atoms with Gasteiger partial charge in [-0.2, -0.15) is 0 Å². The number of piperazine rings is 1. The molecule has 3 heterocycles. The zero-order valence-corrected chi connectivity index (χ0v) is 28.2. The molecular formula is C41H47N5O3. The van der Waals surface area contributed by atoms with Crippen molar-refractivity contribution in [3.63, 3.8) is 0 Å². The van der Waals surface area contributed by atoms with Crippen molar-refractivity contribution in [3.05, 3.63) is 108 Å².